The van der Waals surface area contributed by atoms with Crippen LogP contribution in [0.25, 0.3) is 0 Å². The van der Waals surface area contributed by atoms with Crippen molar-refractivity contribution in [2.45, 2.75) is 97.8 Å². The predicted octanol–water partition coefficient (Wildman–Crippen LogP) is 3.07. The van der Waals surface area contributed by atoms with E-state index in [1.165, 1.54) is 0 Å². The average Bonchev–Trinajstić information content (AvgIpc) is 3.27. The van der Waals surface area contributed by atoms with E-state index in [2.05, 4.69) is 10.2 Å². The van der Waals surface area contributed by atoms with Crippen molar-refractivity contribution in [3.8, 4) is 0 Å². The van der Waals surface area contributed by atoms with Gasteiger partial charge in [0.05, 0.1) is 24.7 Å². The highest BCUT2D eigenvalue weighted by Gasteiger charge is 2.39. The molecule has 8 heteroatoms. The first-order valence-electron chi connectivity index (χ1n) is 13.5. The highest BCUT2D eigenvalue weighted by atomic mass is 16.5. The number of nitrogens with zero attached hydrogens (tertiary/aromatic N) is 3. The number of carbonyl (C=O) groups excluding carboxylic acids is 3. The maximum Gasteiger partial charge on any atom is 0.249 e. The molecule has 2 aliphatic heterocycles. The van der Waals surface area contributed by atoms with Gasteiger partial charge >= 0.3 is 0 Å². The topological polar surface area (TPSA) is 82.2 Å². The zero-order chi connectivity index (χ0) is 27.2. The van der Waals surface area contributed by atoms with Gasteiger partial charge in [0.1, 0.15) is 6.04 Å². The molecule has 2 heterocycles. The van der Waals surface area contributed by atoms with Crippen LogP contribution < -0.4 is 5.32 Å². The van der Waals surface area contributed by atoms with Crippen LogP contribution in [0.1, 0.15) is 73.6 Å². The molecule has 0 aromatic rings. The Morgan fingerprint density at radius 1 is 1.11 bits per heavy atom. The number of hydrogen-bond acceptors (Lipinski definition) is 5. The number of amides is 3. The molecule has 0 spiro atoms. The van der Waals surface area contributed by atoms with Crippen molar-refractivity contribution in [3.63, 3.8) is 0 Å². The van der Waals surface area contributed by atoms with Gasteiger partial charge in [0, 0.05) is 26.3 Å². The zero-order valence-electron chi connectivity index (χ0n) is 24.1. The number of rotatable bonds is 9. The molecule has 0 aliphatic carbocycles. The summed E-state index contributed by atoms with van der Waals surface area (Å²) in [4.78, 5) is 46.0. The summed E-state index contributed by atoms with van der Waals surface area (Å²) >= 11 is 0. The number of nitrogens with one attached hydrogen (secondary N) is 1. The largest absolute Gasteiger partial charge is 0.383 e. The first-order chi connectivity index (χ1) is 16.8. The van der Waals surface area contributed by atoms with E-state index in [0.29, 0.717) is 12.2 Å². The summed E-state index contributed by atoms with van der Waals surface area (Å²) in [5, 5.41) is 3.09. The number of hydrogen-bond donors (Lipinski definition) is 1. The minimum Gasteiger partial charge on any atom is -0.383 e. The van der Waals surface area contributed by atoms with Crippen LogP contribution in [0.5, 0.6) is 0 Å². The highest BCUT2D eigenvalue weighted by Crippen LogP contribution is 2.26. The van der Waals surface area contributed by atoms with Crippen LogP contribution in [0.15, 0.2) is 11.6 Å². The van der Waals surface area contributed by atoms with Crippen molar-refractivity contribution < 1.29 is 19.1 Å². The number of likely N-dealkylation sites (tertiary alicyclic amines) is 2. The van der Waals surface area contributed by atoms with E-state index >= 15 is 0 Å². The molecule has 1 N–H and O–H groups in total. The van der Waals surface area contributed by atoms with Crippen LogP contribution in [0, 0.1) is 11.3 Å². The fourth-order valence-electron chi connectivity index (χ4n) is 5.42. The summed E-state index contributed by atoms with van der Waals surface area (Å²) in [6.07, 6.45) is 6.76. The van der Waals surface area contributed by atoms with Gasteiger partial charge < -0.3 is 19.9 Å². The third-order valence-electron chi connectivity index (χ3n) is 7.71. The lowest BCUT2D eigenvalue weighted by atomic mass is 9.84. The lowest BCUT2D eigenvalue weighted by molar-refractivity contribution is -0.141. The van der Waals surface area contributed by atoms with Gasteiger partial charge in [-0.05, 0) is 57.5 Å². The quantitative estimate of drug-likeness (QED) is 0.486. The highest BCUT2D eigenvalue weighted by molar-refractivity contribution is 5.94. The number of methoxy groups -OCH3 is 1. The molecule has 2 aliphatic rings. The van der Waals surface area contributed by atoms with Crippen molar-refractivity contribution in [1.29, 1.82) is 0 Å². The van der Waals surface area contributed by atoms with E-state index in [0.717, 1.165) is 45.2 Å². The van der Waals surface area contributed by atoms with Crippen molar-refractivity contribution in [1.82, 2.24) is 20.0 Å². The molecule has 8 nitrogen and oxygen atoms in total. The molecular weight excluding hydrogens is 456 g/mol. The maximum atomic E-state index is 13.8. The van der Waals surface area contributed by atoms with Crippen LogP contribution in [0.2, 0.25) is 0 Å². The molecule has 0 aromatic carbocycles. The molecule has 2 rings (SSSR count). The van der Waals surface area contributed by atoms with E-state index in [9.17, 15) is 14.4 Å². The first-order valence-corrected chi connectivity index (χ1v) is 13.5. The zero-order valence-corrected chi connectivity index (χ0v) is 24.1. The second-order valence-corrected chi connectivity index (χ2v) is 12.1. The Labute approximate surface area is 218 Å². The summed E-state index contributed by atoms with van der Waals surface area (Å²) in [7, 11) is 5.42. The number of ether oxygens (including phenoxy) is 1. The lowest BCUT2D eigenvalue weighted by Crippen LogP contribution is -2.59. The van der Waals surface area contributed by atoms with E-state index in [4.69, 9.17) is 4.74 Å². The molecule has 36 heavy (non-hydrogen) atoms. The molecule has 0 radical (unpaired) electrons. The molecule has 0 aromatic heterocycles. The number of carbonyl (C=O) groups is 3. The fourth-order valence-corrected chi connectivity index (χ4v) is 5.42. The molecular formula is C28H50N4O4. The van der Waals surface area contributed by atoms with E-state index in [1.54, 1.807) is 19.1 Å². The summed E-state index contributed by atoms with van der Waals surface area (Å²) < 4.78 is 5.31. The first kappa shape index (κ1) is 30.3. The Bertz CT molecular complexity index is 804. The number of likely N-dealkylation sites (N-methyl/N-ethyl adjacent to an activating group) is 2. The van der Waals surface area contributed by atoms with Gasteiger partial charge in [-0.25, -0.2) is 0 Å². The van der Waals surface area contributed by atoms with Gasteiger partial charge in [-0.1, -0.05) is 47.1 Å². The molecule has 3 unspecified atom stereocenters. The van der Waals surface area contributed by atoms with Crippen molar-refractivity contribution in [3.05, 3.63) is 11.6 Å². The smallest absolute Gasteiger partial charge is 0.249 e. The molecule has 0 saturated carbocycles. The van der Waals surface area contributed by atoms with E-state index < -0.39 is 11.5 Å². The second-order valence-electron chi connectivity index (χ2n) is 12.1. The molecule has 206 valence electrons. The van der Waals surface area contributed by atoms with Gasteiger partial charge in [0.2, 0.25) is 17.7 Å². The molecule has 2 saturated heterocycles. The number of piperidine rings is 1. The van der Waals surface area contributed by atoms with Gasteiger partial charge in [-0.15, -0.1) is 0 Å². The summed E-state index contributed by atoms with van der Waals surface area (Å²) in [6, 6.07) is -1.05. The predicted molar refractivity (Wildman–Crippen MR) is 143 cm³/mol. The molecule has 0 bridgehead atoms. The fraction of sp³-hybridized carbons (Fsp3) is 0.821. The average molecular weight is 507 g/mol. The van der Waals surface area contributed by atoms with Gasteiger partial charge in [0.15, 0.2) is 0 Å². The Morgan fingerprint density at radius 2 is 1.78 bits per heavy atom. The minimum absolute atomic E-state index is 0.00191. The summed E-state index contributed by atoms with van der Waals surface area (Å²) in [5.74, 6) is -0.124. The van der Waals surface area contributed by atoms with Crippen molar-refractivity contribution >= 4 is 17.7 Å². The van der Waals surface area contributed by atoms with Gasteiger partial charge in [0.25, 0.3) is 0 Å². The third-order valence-corrected chi connectivity index (χ3v) is 7.71. The van der Waals surface area contributed by atoms with Crippen LogP contribution in [-0.4, -0.2) is 97.5 Å². The van der Waals surface area contributed by atoms with Crippen LogP contribution in [-0.2, 0) is 19.1 Å². The SMILES string of the molecule is COC[C@@H]1CCCN1C(=O)/C(C)=C/C(C(C)C)N(C)C(=O)C(NC(=O)C1CCCCN1C)C(C)(C)C. The molecule has 3 amide bonds. The standard InChI is InChI=1S/C28H50N4O4/c1-19(2)23(17-20(3)26(34)32-16-12-13-21(32)18-36-9)31(8)27(35)24(28(4,5)6)29-25(33)22-14-10-11-15-30(22)7/h17,19,21-24H,10-16,18H2,1-9H3,(H,29,33)/b20-17+/t21-,22?,23?,24?/m0/s1. The van der Waals surface area contributed by atoms with Crippen molar-refractivity contribution in [2.75, 3.05) is 40.9 Å². The summed E-state index contributed by atoms with van der Waals surface area (Å²) in [5.41, 5.74) is 0.171. The Balaban J connectivity index is 2.22. The van der Waals surface area contributed by atoms with E-state index in [1.807, 2.05) is 59.6 Å². The molecule has 2 fully saturated rings. The Kier molecular flexibility index (Phi) is 11.0. The minimum atomic E-state index is -0.666. The Morgan fingerprint density at radius 3 is 2.33 bits per heavy atom. The van der Waals surface area contributed by atoms with Crippen molar-refractivity contribution in [2.24, 2.45) is 11.3 Å². The van der Waals surface area contributed by atoms with Gasteiger partial charge in [-0.3, -0.25) is 19.3 Å². The maximum absolute atomic E-state index is 13.8. The normalized spacial score (nSPS) is 23.5. The van der Waals surface area contributed by atoms with Crippen LogP contribution >= 0.6 is 0 Å². The van der Waals surface area contributed by atoms with Crippen LogP contribution in [0.3, 0.4) is 0 Å². The van der Waals surface area contributed by atoms with E-state index in [-0.39, 0.29) is 41.8 Å². The van der Waals surface area contributed by atoms with Gasteiger partial charge in [-0.2, -0.15) is 0 Å². The molecule has 4 atom stereocenters. The third kappa shape index (κ3) is 7.54. The lowest BCUT2D eigenvalue weighted by Gasteiger charge is -2.39. The summed E-state index contributed by atoms with van der Waals surface area (Å²) in [6.45, 7) is 14.0. The second kappa shape index (κ2) is 13.0. The van der Waals surface area contributed by atoms with Crippen LogP contribution in [0.4, 0.5) is 0 Å². The monoisotopic (exact) mass is 506 g/mol. The Hall–Kier alpha value is -1.93.